The monoisotopic (exact) mass is 348 g/mol. The number of hydrogen-bond donors (Lipinski definition) is 2. The van der Waals surface area contributed by atoms with Gasteiger partial charge in [0.05, 0.1) is 0 Å². The Morgan fingerprint density at radius 2 is 2.08 bits per heavy atom. The molecular weight excluding hydrogens is 320 g/mol. The van der Waals surface area contributed by atoms with Crippen LogP contribution in [-0.4, -0.2) is 61.1 Å². The van der Waals surface area contributed by atoms with E-state index in [0.29, 0.717) is 30.2 Å². The third kappa shape index (κ3) is 6.48. The van der Waals surface area contributed by atoms with Gasteiger partial charge in [0.1, 0.15) is 5.75 Å². The maximum absolute atomic E-state index is 11.9. The molecule has 6 heteroatoms. The van der Waals surface area contributed by atoms with Crippen LogP contribution in [-0.2, 0) is 4.79 Å². The quantitative estimate of drug-likeness (QED) is 0.661. The number of amides is 1. The molecule has 1 aliphatic heterocycles. The van der Waals surface area contributed by atoms with Crippen LogP contribution in [0.3, 0.4) is 0 Å². The van der Waals surface area contributed by atoms with E-state index in [0.717, 1.165) is 32.5 Å². The standard InChI is InChI=1S/C19H28N2O4/c1-2-18(23)16-5-7-17(8-6-16)25-14-19(24)20-9-11-21-10-3-4-15(12-21)13-22/h5-8,15,22H,2-4,9-14H2,1H3,(H,20,24)/t15-/m0/s1. The summed E-state index contributed by atoms with van der Waals surface area (Å²) in [6.07, 6.45) is 2.65. The number of nitrogens with zero attached hydrogens (tertiary/aromatic N) is 1. The first kappa shape index (κ1) is 19.4. The molecule has 0 radical (unpaired) electrons. The number of ether oxygens (including phenoxy) is 1. The van der Waals surface area contributed by atoms with Crippen LogP contribution in [0, 0.1) is 5.92 Å². The van der Waals surface area contributed by atoms with Crippen LogP contribution in [0.2, 0.25) is 0 Å². The third-order valence-corrected chi connectivity index (χ3v) is 4.48. The molecule has 25 heavy (non-hydrogen) atoms. The fraction of sp³-hybridized carbons (Fsp3) is 0.579. The highest BCUT2D eigenvalue weighted by molar-refractivity contribution is 5.95. The minimum Gasteiger partial charge on any atom is -0.484 e. The fourth-order valence-electron chi connectivity index (χ4n) is 3.00. The van der Waals surface area contributed by atoms with Gasteiger partial charge in [0.2, 0.25) is 0 Å². The second-order valence-corrected chi connectivity index (χ2v) is 6.43. The van der Waals surface area contributed by atoms with Crippen LogP contribution < -0.4 is 10.1 Å². The highest BCUT2D eigenvalue weighted by Gasteiger charge is 2.18. The Hall–Kier alpha value is -1.92. The Bertz CT molecular complexity index is 559. The lowest BCUT2D eigenvalue weighted by molar-refractivity contribution is -0.123. The van der Waals surface area contributed by atoms with Crippen molar-refractivity contribution < 1.29 is 19.4 Å². The Morgan fingerprint density at radius 1 is 1.32 bits per heavy atom. The number of rotatable bonds is 9. The van der Waals surface area contributed by atoms with E-state index in [9.17, 15) is 14.7 Å². The molecule has 1 fully saturated rings. The van der Waals surface area contributed by atoms with Gasteiger partial charge in [-0.25, -0.2) is 0 Å². The van der Waals surface area contributed by atoms with Crippen LogP contribution in [0.1, 0.15) is 36.5 Å². The fourth-order valence-corrected chi connectivity index (χ4v) is 3.00. The number of hydrogen-bond acceptors (Lipinski definition) is 5. The van der Waals surface area contributed by atoms with Crippen LogP contribution in [0.25, 0.3) is 0 Å². The highest BCUT2D eigenvalue weighted by atomic mass is 16.5. The summed E-state index contributed by atoms with van der Waals surface area (Å²) in [5.41, 5.74) is 0.655. The third-order valence-electron chi connectivity index (χ3n) is 4.48. The smallest absolute Gasteiger partial charge is 0.257 e. The van der Waals surface area contributed by atoms with Gasteiger partial charge in [0.25, 0.3) is 5.91 Å². The first-order chi connectivity index (χ1) is 12.1. The summed E-state index contributed by atoms with van der Waals surface area (Å²) >= 11 is 0. The van der Waals surface area contributed by atoms with Gasteiger partial charge < -0.3 is 20.1 Å². The molecule has 2 rings (SSSR count). The van der Waals surface area contributed by atoms with Crippen LogP contribution in [0.5, 0.6) is 5.75 Å². The summed E-state index contributed by atoms with van der Waals surface area (Å²) in [4.78, 5) is 25.7. The predicted molar refractivity (Wildman–Crippen MR) is 95.8 cm³/mol. The molecule has 1 saturated heterocycles. The van der Waals surface area contributed by atoms with Gasteiger partial charge in [0.15, 0.2) is 12.4 Å². The van der Waals surface area contributed by atoms with Crippen molar-refractivity contribution in [2.45, 2.75) is 26.2 Å². The van der Waals surface area contributed by atoms with Crippen molar-refractivity contribution in [1.29, 1.82) is 0 Å². The lowest BCUT2D eigenvalue weighted by Gasteiger charge is -2.31. The van der Waals surface area contributed by atoms with Crippen molar-refractivity contribution in [1.82, 2.24) is 10.2 Å². The Morgan fingerprint density at radius 3 is 2.76 bits per heavy atom. The summed E-state index contributed by atoms with van der Waals surface area (Å²) in [6.45, 7) is 5.29. The number of aliphatic hydroxyl groups is 1. The summed E-state index contributed by atoms with van der Waals surface area (Å²) in [5, 5.41) is 12.1. The molecule has 1 aromatic rings. The normalized spacial score (nSPS) is 17.9. The largest absolute Gasteiger partial charge is 0.484 e. The van der Waals surface area contributed by atoms with E-state index in [1.807, 2.05) is 6.92 Å². The number of aliphatic hydroxyl groups excluding tert-OH is 1. The van der Waals surface area contributed by atoms with Crippen LogP contribution in [0.4, 0.5) is 0 Å². The second kappa shape index (κ2) is 10.2. The average molecular weight is 348 g/mol. The topological polar surface area (TPSA) is 78.9 Å². The zero-order chi connectivity index (χ0) is 18.1. The molecule has 1 amide bonds. The molecular formula is C19H28N2O4. The van der Waals surface area contributed by atoms with E-state index in [1.54, 1.807) is 24.3 Å². The number of nitrogens with one attached hydrogen (secondary N) is 1. The van der Waals surface area contributed by atoms with Gasteiger partial charge in [-0.3, -0.25) is 9.59 Å². The molecule has 1 atom stereocenters. The van der Waals surface area contributed by atoms with Crippen molar-refractivity contribution in [3.05, 3.63) is 29.8 Å². The minimum atomic E-state index is -0.163. The van der Waals surface area contributed by atoms with Gasteiger partial charge >= 0.3 is 0 Å². The van der Waals surface area contributed by atoms with Gasteiger partial charge in [-0.1, -0.05) is 6.92 Å². The molecule has 0 bridgehead atoms. The van der Waals surface area contributed by atoms with Crippen LogP contribution >= 0.6 is 0 Å². The van der Waals surface area contributed by atoms with Crippen molar-refractivity contribution >= 4 is 11.7 Å². The maximum Gasteiger partial charge on any atom is 0.257 e. The van der Waals surface area contributed by atoms with Gasteiger partial charge in [-0.2, -0.15) is 0 Å². The zero-order valence-electron chi connectivity index (χ0n) is 14.9. The van der Waals surface area contributed by atoms with Crippen molar-refractivity contribution in [3.8, 4) is 5.75 Å². The van der Waals surface area contributed by atoms with E-state index in [4.69, 9.17) is 4.74 Å². The Balaban J connectivity index is 1.64. The Kier molecular flexibility index (Phi) is 7.88. The summed E-state index contributed by atoms with van der Waals surface area (Å²) in [6, 6.07) is 6.85. The second-order valence-electron chi connectivity index (χ2n) is 6.43. The summed E-state index contributed by atoms with van der Waals surface area (Å²) in [5.74, 6) is 0.856. The lowest BCUT2D eigenvalue weighted by Crippen LogP contribution is -2.42. The highest BCUT2D eigenvalue weighted by Crippen LogP contribution is 2.15. The molecule has 0 spiro atoms. The van der Waals surface area contributed by atoms with Gasteiger partial charge in [0, 0.05) is 38.2 Å². The molecule has 1 aromatic carbocycles. The molecule has 0 unspecified atom stereocenters. The molecule has 1 aliphatic rings. The number of ketones is 1. The number of benzene rings is 1. The first-order valence-corrected chi connectivity index (χ1v) is 8.98. The van der Waals surface area contributed by atoms with Crippen molar-refractivity contribution in [2.75, 3.05) is 39.4 Å². The number of carbonyl (C=O) groups is 2. The Labute approximate surface area is 149 Å². The first-order valence-electron chi connectivity index (χ1n) is 8.98. The summed E-state index contributed by atoms with van der Waals surface area (Å²) in [7, 11) is 0. The number of piperidine rings is 1. The zero-order valence-corrected chi connectivity index (χ0v) is 14.9. The van der Waals surface area contributed by atoms with Crippen molar-refractivity contribution in [3.63, 3.8) is 0 Å². The average Bonchev–Trinajstić information content (AvgIpc) is 2.66. The molecule has 138 valence electrons. The van der Waals surface area contributed by atoms with Gasteiger partial charge in [-0.15, -0.1) is 0 Å². The van der Waals surface area contributed by atoms with E-state index >= 15 is 0 Å². The SMILES string of the molecule is CCC(=O)c1ccc(OCC(=O)NCCN2CCC[C@H](CO)C2)cc1. The van der Waals surface area contributed by atoms with Crippen molar-refractivity contribution in [2.24, 2.45) is 5.92 Å². The van der Waals surface area contributed by atoms with E-state index < -0.39 is 0 Å². The summed E-state index contributed by atoms with van der Waals surface area (Å²) < 4.78 is 5.44. The van der Waals surface area contributed by atoms with Crippen LogP contribution in [0.15, 0.2) is 24.3 Å². The number of Topliss-reactive ketones (excluding diaryl/α,β-unsaturated/α-hetero) is 1. The van der Waals surface area contributed by atoms with E-state index in [-0.39, 0.29) is 24.9 Å². The van der Waals surface area contributed by atoms with E-state index in [1.165, 1.54) is 0 Å². The number of likely N-dealkylation sites (tertiary alicyclic amines) is 1. The molecule has 0 aromatic heterocycles. The molecule has 6 nitrogen and oxygen atoms in total. The minimum absolute atomic E-state index is 0.0413. The number of carbonyl (C=O) groups excluding carboxylic acids is 2. The molecule has 1 heterocycles. The molecule has 2 N–H and O–H groups in total. The lowest BCUT2D eigenvalue weighted by atomic mass is 9.99. The van der Waals surface area contributed by atoms with E-state index in [2.05, 4.69) is 10.2 Å². The predicted octanol–water partition coefficient (Wildman–Crippen LogP) is 1.48. The van der Waals surface area contributed by atoms with Gasteiger partial charge in [-0.05, 0) is 49.6 Å². The maximum atomic E-state index is 11.9. The molecule has 0 aliphatic carbocycles. The molecule has 0 saturated carbocycles.